The molecule has 1 heterocycles. The molecule has 4 heteroatoms. The average Bonchev–Trinajstić information content (AvgIpc) is 2.80. The van der Waals surface area contributed by atoms with E-state index in [1.807, 2.05) is 25.1 Å². The van der Waals surface area contributed by atoms with E-state index in [1.165, 1.54) is 6.07 Å². The summed E-state index contributed by atoms with van der Waals surface area (Å²) in [6, 6.07) is 12.7. The molecule has 20 heavy (non-hydrogen) atoms. The van der Waals surface area contributed by atoms with Gasteiger partial charge < -0.3 is 5.73 Å². The van der Waals surface area contributed by atoms with Crippen LogP contribution in [0.5, 0.6) is 0 Å². The molecule has 102 valence electrons. The second-order valence-corrected chi connectivity index (χ2v) is 6.00. The molecule has 3 rings (SSSR count). The van der Waals surface area contributed by atoms with Gasteiger partial charge in [-0.2, -0.15) is 0 Å². The highest BCUT2D eigenvalue weighted by Gasteiger charge is 2.11. The van der Waals surface area contributed by atoms with Crippen molar-refractivity contribution in [1.29, 1.82) is 0 Å². The first-order valence-electron chi connectivity index (χ1n) is 6.52. The average molecular weight is 286 g/mol. The van der Waals surface area contributed by atoms with Gasteiger partial charge in [-0.1, -0.05) is 18.2 Å². The molecule has 0 bridgehead atoms. The molecule has 1 atom stereocenters. The molecule has 0 aliphatic carbocycles. The lowest BCUT2D eigenvalue weighted by molar-refractivity contribution is 0.623. The molecule has 1 aromatic heterocycles. The number of nitrogens with two attached hydrogens (primary N) is 1. The summed E-state index contributed by atoms with van der Waals surface area (Å²) in [7, 11) is 0. The smallest absolute Gasteiger partial charge is 0.123 e. The second kappa shape index (κ2) is 5.31. The van der Waals surface area contributed by atoms with Crippen molar-refractivity contribution in [3.63, 3.8) is 0 Å². The molecule has 0 saturated heterocycles. The van der Waals surface area contributed by atoms with Crippen molar-refractivity contribution >= 4 is 21.6 Å². The number of para-hydroxylation sites is 1. The number of aromatic nitrogens is 1. The van der Waals surface area contributed by atoms with Crippen LogP contribution in [-0.2, 0) is 6.42 Å². The van der Waals surface area contributed by atoms with E-state index in [-0.39, 0.29) is 11.9 Å². The zero-order valence-electron chi connectivity index (χ0n) is 11.1. The Morgan fingerprint density at radius 2 is 2.05 bits per heavy atom. The third-order valence-corrected chi connectivity index (χ3v) is 4.31. The normalized spacial score (nSPS) is 12.8. The summed E-state index contributed by atoms with van der Waals surface area (Å²) >= 11 is 1.64. The number of nitrogens with zero attached hydrogens (tertiary/aromatic N) is 1. The molecule has 2 N–H and O–H groups in total. The molecule has 0 aliphatic heterocycles. The number of rotatable bonds is 3. The predicted molar refractivity (Wildman–Crippen MR) is 81.4 cm³/mol. The lowest BCUT2D eigenvalue weighted by atomic mass is 9.99. The van der Waals surface area contributed by atoms with E-state index in [4.69, 9.17) is 5.73 Å². The standard InChI is InChI=1S/C16H15FN2S/c1-10(18)13-7-6-12(17)8-11(13)9-16-19-14-4-2-3-5-15(14)20-16/h2-8,10H,9,18H2,1H3. The van der Waals surface area contributed by atoms with Crippen molar-refractivity contribution in [2.45, 2.75) is 19.4 Å². The van der Waals surface area contributed by atoms with Gasteiger partial charge in [0.2, 0.25) is 0 Å². The Balaban J connectivity index is 1.99. The van der Waals surface area contributed by atoms with Gasteiger partial charge in [-0.05, 0) is 42.3 Å². The SMILES string of the molecule is CC(N)c1ccc(F)cc1Cc1nc2ccccc2s1. The third-order valence-electron chi connectivity index (χ3n) is 3.28. The fourth-order valence-corrected chi connectivity index (χ4v) is 3.32. The van der Waals surface area contributed by atoms with Gasteiger partial charge in [0, 0.05) is 12.5 Å². The van der Waals surface area contributed by atoms with Crippen LogP contribution in [0.15, 0.2) is 42.5 Å². The molecular weight excluding hydrogens is 271 g/mol. The number of hydrogen-bond donors (Lipinski definition) is 1. The first kappa shape index (κ1) is 13.2. The van der Waals surface area contributed by atoms with E-state index in [0.717, 1.165) is 26.4 Å². The van der Waals surface area contributed by atoms with Crippen molar-refractivity contribution in [3.8, 4) is 0 Å². The van der Waals surface area contributed by atoms with Crippen molar-refractivity contribution in [2.24, 2.45) is 5.73 Å². The van der Waals surface area contributed by atoms with E-state index >= 15 is 0 Å². The monoisotopic (exact) mass is 286 g/mol. The Hall–Kier alpha value is -1.78. The summed E-state index contributed by atoms with van der Waals surface area (Å²) in [6.07, 6.45) is 0.619. The fraction of sp³-hybridized carbons (Fsp3) is 0.188. The van der Waals surface area contributed by atoms with Gasteiger partial charge >= 0.3 is 0 Å². The first-order chi connectivity index (χ1) is 9.63. The van der Waals surface area contributed by atoms with Crippen molar-refractivity contribution in [2.75, 3.05) is 0 Å². The van der Waals surface area contributed by atoms with E-state index in [9.17, 15) is 4.39 Å². The molecular formula is C16H15FN2S. The number of hydrogen-bond acceptors (Lipinski definition) is 3. The minimum atomic E-state index is -0.231. The number of fused-ring (bicyclic) bond motifs is 1. The van der Waals surface area contributed by atoms with E-state index in [1.54, 1.807) is 23.5 Å². The number of benzene rings is 2. The summed E-state index contributed by atoms with van der Waals surface area (Å²) in [5.41, 5.74) is 8.84. The summed E-state index contributed by atoms with van der Waals surface area (Å²) in [6.45, 7) is 1.91. The minimum absolute atomic E-state index is 0.111. The van der Waals surface area contributed by atoms with Gasteiger partial charge in [-0.15, -0.1) is 11.3 Å². The molecule has 2 aromatic carbocycles. The molecule has 0 spiro atoms. The van der Waals surface area contributed by atoms with Gasteiger partial charge in [0.25, 0.3) is 0 Å². The van der Waals surface area contributed by atoms with Crippen LogP contribution in [0, 0.1) is 5.82 Å². The highest BCUT2D eigenvalue weighted by Crippen LogP contribution is 2.26. The molecule has 0 amide bonds. The highest BCUT2D eigenvalue weighted by molar-refractivity contribution is 7.18. The van der Waals surface area contributed by atoms with Crippen LogP contribution >= 0.6 is 11.3 Å². The van der Waals surface area contributed by atoms with Gasteiger partial charge in [-0.3, -0.25) is 0 Å². The Morgan fingerprint density at radius 1 is 1.25 bits per heavy atom. The van der Waals surface area contributed by atoms with Gasteiger partial charge in [0.15, 0.2) is 0 Å². The molecule has 0 saturated carbocycles. The van der Waals surface area contributed by atoms with Gasteiger partial charge in [-0.25, -0.2) is 9.37 Å². The third kappa shape index (κ3) is 2.57. The fourth-order valence-electron chi connectivity index (χ4n) is 2.33. The quantitative estimate of drug-likeness (QED) is 0.789. The Labute approximate surface area is 121 Å². The lowest BCUT2D eigenvalue weighted by Crippen LogP contribution is -2.09. The van der Waals surface area contributed by atoms with Crippen LogP contribution in [-0.4, -0.2) is 4.98 Å². The lowest BCUT2D eigenvalue weighted by Gasteiger charge is -2.11. The maximum absolute atomic E-state index is 13.5. The van der Waals surface area contributed by atoms with Crippen LogP contribution in [0.25, 0.3) is 10.2 Å². The van der Waals surface area contributed by atoms with Crippen LogP contribution in [0.3, 0.4) is 0 Å². The molecule has 1 unspecified atom stereocenters. The largest absolute Gasteiger partial charge is 0.324 e. The zero-order chi connectivity index (χ0) is 14.1. The highest BCUT2D eigenvalue weighted by atomic mass is 32.1. The van der Waals surface area contributed by atoms with Crippen LogP contribution in [0.2, 0.25) is 0 Å². The van der Waals surface area contributed by atoms with Gasteiger partial charge in [0.05, 0.1) is 15.2 Å². The zero-order valence-corrected chi connectivity index (χ0v) is 12.0. The Kier molecular flexibility index (Phi) is 3.51. The Bertz CT molecular complexity index is 716. The second-order valence-electron chi connectivity index (χ2n) is 4.88. The van der Waals surface area contributed by atoms with E-state index in [2.05, 4.69) is 11.1 Å². The molecule has 0 radical (unpaired) electrons. The van der Waals surface area contributed by atoms with Crippen molar-refractivity contribution in [3.05, 3.63) is 64.4 Å². The van der Waals surface area contributed by atoms with E-state index in [0.29, 0.717) is 6.42 Å². The number of thiazole rings is 1. The van der Waals surface area contributed by atoms with Crippen LogP contribution in [0.4, 0.5) is 4.39 Å². The molecule has 0 fully saturated rings. The molecule has 3 aromatic rings. The summed E-state index contributed by atoms with van der Waals surface area (Å²) in [5, 5.41) is 0.985. The maximum Gasteiger partial charge on any atom is 0.123 e. The number of halogens is 1. The minimum Gasteiger partial charge on any atom is -0.324 e. The molecule has 0 aliphatic rings. The van der Waals surface area contributed by atoms with E-state index < -0.39 is 0 Å². The Morgan fingerprint density at radius 3 is 2.80 bits per heavy atom. The predicted octanol–water partition coefficient (Wildman–Crippen LogP) is 4.05. The van der Waals surface area contributed by atoms with Crippen molar-refractivity contribution < 1.29 is 4.39 Å². The maximum atomic E-state index is 13.5. The summed E-state index contributed by atoms with van der Waals surface area (Å²) < 4.78 is 14.6. The van der Waals surface area contributed by atoms with Crippen LogP contribution in [0.1, 0.15) is 29.1 Å². The van der Waals surface area contributed by atoms with Gasteiger partial charge in [0.1, 0.15) is 5.82 Å². The molecule has 2 nitrogen and oxygen atoms in total. The van der Waals surface area contributed by atoms with Crippen molar-refractivity contribution in [1.82, 2.24) is 4.98 Å². The summed E-state index contributed by atoms with van der Waals surface area (Å²) in [4.78, 5) is 4.59. The first-order valence-corrected chi connectivity index (χ1v) is 7.33. The summed E-state index contributed by atoms with van der Waals surface area (Å²) in [5.74, 6) is -0.231. The topological polar surface area (TPSA) is 38.9 Å². The van der Waals surface area contributed by atoms with Crippen LogP contribution < -0.4 is 5.73 Å².